The van der Waals surface area contributed by atoms with E-state index >= 15 is 0 Å². The summed E-state index contributed by atoms with van der Waals surface area (Å²) in [5, 5.41) is 0. The van der Waals surface area contributed by atoms with Crippen LogP contribution in [0.25, 0.3) is 6.08 Å². The third-order valence-corrected chi connectivity index (χ3v) is 5.57. The lowest BCUT2D eigenvalue weighted by molar-refractivity contribution is -0.168. The lowest BCUT2D eigenvalue weighted by atomic mass is 9.83. The first-order chi connectivity index (χ1) is 14.0. The second-order valence-corrected chi connectivity index (χ2v) is 9.05. The number of hydrogen-bond donors (Lipinski definition) is 0. The maximum atomic E-state index is 12.7. The molecular weight excluding hydrogens is 386 g/mol. The number of fused-ring (bicyclic) bond motifs is 1. The van der Waals surface area contributed by atoms with Crippen LogP contribution in [0, 0.1) is 5.41 Å². The molecule has 0 aromatic carbocycles. The molecule has 0 saturated carbocycles. The number of methoxy groups -OCH3 is 2. The van der Waals surface area contributed by atoms with Gasteiger partial charge in [0.1, 0.15) is 5.60 Å². The molecule has 3 rings (SSSR count). The molecule has 0 aliphatic heterocycles. The summed E-state index contributed by atoms with van der Waals surface area (Å²) in [6.07, 6.45) is 4.94. The highest BCUT2D eigenvalue weighted by molar-refractivity contribution is 6.01. The van der Waals surface area contributed by atoms with Crippen molar-refractivity contribution < 1.29 is 28.6 Å². The van der Waals surface area contributed by atoms with Gasteiger partial charge in [0.25, 0.3) is 0 Å². The molecule has 1 aromatic rings. The SMILES string of the molecule is COC(=O)C1(C(=O)OC)CC2=C(Cc3ccn(C(=O)OC(C)(C)C)c3/C=C(/C)C2)C1. The summed E-state index contributed by atoms with van der Waals surface area (Å²) in [4.78, 5) is 37.8. The van der Waals surface area contributed by atoms with Crippen molar-refractivity contribution in [3.05, 3.63) is 40.2 Å². The molecule has 0 bridgehead atoms. The Bertz CT molecular complexity index is 941. The van der Waals surface area contributed by atoms with E-state index in [2.05, 4.69) is 0 Å². The Kier molecular flexibility index (Phi) is 5.67. The van der Waals surface area contributed by atoms with Crippen molar-refractivity contribution in [1.29, 1.82) is 0 Å². The van der Waals surface area contributed by atoms with Gasteiger partial charge in [0.05, 0.1) is 19.9 Å². The molecule has 0 saturated heterocycles. The number of esters is 2. The molecule has 7 nitrogen and oxygen atoms in total. The van der Waals surface area contributed by atoms with E-state index in [1.807, 2.05) is 39.8 Å². The van der Waals surface area contributed by atoms with Crippen molar-refractivity contribution in [3.63, 3.8) is 0 Å². The van der Waals surface area contributed by atoms with Gasteiger partial charge >= 0.3 is 18.0 Å². The summed E-state index contributed by atoms with van der Waals surface area (Å²) >= 11 is 0. The fraction of sp³-hybridized carbons (Fsp3) is 0.522. The minimum absolute atomic E-state index is 0.256. The van der Waals surface area contributed by atoms with E-state index < -0.39 is 29.0 Å². The molecule has 1 heterocycles. The predicted molar refractivity (Wildman–Crippen MR) is 111 cm³/mol. The summed E-state index contributed by atoms with van der Waals surface area (Å²) in [5.41, 5.74) is 2.86. The van der Waals surface area contributed by atoms with Crippen LogP contribution in [0.1, 0.15) is 58.2 Å². The molecule has 0 atom stereocenters. The molecular formula is C23H29NO6. The molecule has 0 spiro atoms. The molecule has 1 aromatic heterocycles. The minimum atomic E-state index is -1.34. The first-order valence-electron chi connectivity index (χ1n) is 9.98. The van der Waals surface area contributed by atoms with Crippen LogP contribution in [0.5, 0.6) is 0 Å². The van der Waals surface area contributed by atoms with E-state index in [0.717, 1.165) is 28.0 Å². The van der Waals surface area contributed by atoms with Gasteiger partial charge < -0.3 is 14.2 Å². The zero-order valence-corrected chi connectivity index (χ0v) is 18.5. The third kappa shape index (κ3) is 3.93. The Balaban J connectivity index is 1.98. The third-order valence-electron chi connectivity index (χ3n) is 5.57. The number of rotatable bonds is 2. The highest BCUT2D eigenvalue weighted by atomic mass is 16.6. The summed E-state index contributed by atoms with van der Waals surface area (Å²) in [7, 11) is 2.57. The molecule has 2 aliphatic carbocycles. The highest BCUT2D eigenvalue weighted by Gasteiger charge is 2.53. The highest BCUT2D eigenvalue weighted by Crippen LogP contribution is 2.48. The van der Waals surface area contributed by atoms with Gasteiger partial charge in [-0.3, -0.25) is 14.2 Å². The lowest BCUT2D eigenvalue weighted by Gasteiger charge is -2.23. The summed E-state index contributed by atoms with van der Waals surface area (Å²) in [5.74, 6) is -1.15. The van der Waals surface area contributed by atoms with Crippen molar-refractivity contribution >= 4 is 24.1 Å². The Labute approximate surface area is 176 Å². The van der Waals surface area contributed by atoms with Crippen LogP contribution >= 0.6 is 0 Å². The van der Waals surface area contributed by atoms with Crippen molar-refractivity contribution in [2.45, 2.75) is 59.0 Å². The average molecular weight is 415 g/mol. The van der Waals surface area contributed by atoms with Gasteiger partial charge in [0, 0.05) is 6.20 Å². The number of ether oxygens (including phenoxy) is 3. The average Bonchev–Trinajstić information content (AvgIpc) is 3.20. The number of aromatic nitrogens is 1. The van der Waals surface area contributed by atoms with E-state index in [9.17, 15) is 14.4 Å². The molecule has 2 aliphatic rings. The fourth-order valence-corrected chi connectivity index (χ4v) is 4.30. The van der Waals surface area contributed by atoms with Gasteiger partial charge in [-0.25, -0.2) is 4.79 Å². The van der Waals surface area contributed by atoms with Crippen molar-refractivity contribution in [2.24, 2.45) is 5.41 Å². The van der Waals surface area contributed by atoms with Gasteiger partial charge in [-0.05, 0) is 71.1 Å². The molecule has 7 heteroatoms. The number of carbonyl (C=O) groups excluding carboxylic acids is 3. The van der Waals surface area contributed by atoms with E-state index in [0.29, 0.717) is 12.8 Å². The van der Waals surface area contributed by atoms with Crippen molar-refractivity contribution in [2.75, 3.05) is 14.2 Å². The van der Waals surface area contributed by atoms with E-state index in [1.165, 1.54) is 18.8 Å². The summed E-state index contributed by atoms with van der Waals surface area (Å²) in [6.45, 7) is 7.46. The number of carbonyl (C=O) groups is 3. The van der Waals surface area contributed by atoms with Gasteiger partial charge in [0.15, 0.2) is 5.41 Å². The lowest BCUT2D eigenvalue weighted by Crippen LogP contribution is -2.39. The van der Waals surface area contributed by atoms with Gasteiger partial charge in [-0.1, -0.05) is 16.7 Å². The molecule has 0 amide bonds. The molecule has 0 unspecified atom stereocenters. The molecule has 162 valence electrons. The normalized spacial score (nSPS) is 19.6. The van der Waals surface area contributed by atoms with E-state index in [-0.39, 0.29) is 12.8 Å². The molecule has 0 radical (unpaired) electrons. The number of hydrogen-bond acceptors (Lipinski definition) is 6. The first kappa shape index (κ1) is 21.9. The maximum Gasteiger partial charge on any atom is 0.418 e. The first-order valence-corrected chi connectivity index (χ1v) is 9.98. The van der Waals surface area contributed by atoms with Crippen LogP contribution in [-0.2, 0) is 30.2 Å². The zero-order valence-electron chi connectivity index (χ0n) is 18.5. The standard InChI is InChI=1S/C23H29NO6/c1-14-9-16-12-23(19(25)28-5,20(26)29-6)13-17(16)11-15-7-8-24(18(15)10-14)21(27)30-22(2,3)4/h7-8,10H,9,11-13H2,1-6H3/b14-10-. The topological polar surface area (TPSA) is 83.8 Å². The Morgan fingerprint density at radius 3 is 2.10 bits per heavy atom. The minimum Gasteiger partial charge on any atom is -0.468 e. The predicted octanol–water partition coefficient (Wildman–Crippen LogP) is 4.04. The van der Waals surface area contributed by atoms with Crippen LogP contribution in [0.4, 0.5) is 4.79 Å². The van der Waals surface area contributed by atoms with Crippen LogP contribution in [-0.4, -0.2) is 42.4 Å². The van der Waals surface area contributed by atoms with Crippen LogP contribution < -0.4 is 0 Å². The van der Waals surface area contributed by atoms with E-state index in [1.54, 1.807) is 6.20 Å². The summed E-state index contributed by atoms with van der Waals surface area (Å²) < 4.78 is 17.0. The van der Waals surface area contributed by atoms with Gasteiger partial charge in [0.2, 0.25) is 0 Å². The van der Waals surface area contributed by atoms with Crippen LogP contribution in [0.15, 0.2) is 29.0 Å². The van der Waals surface area contributed by atoms with Gasteiger partial charge in [-0.15, -0.1) is 0 Å². The van der Waals surface area contributed by atoms with Crippen molar-refractivity contribution in [3.8, 4) is 0 Å². The second kappa shape index (κ2) is 7.78. The Hall–Kier alpha value is -2.83. The largest absolute Gasteiger partial charge is 0.468 e. The second-order valence-electron chi connectivity index (χ2n) is 9.05. The van der Waals surface area contributed by atoms with Crippen LogP contribution in [0.3, 0.4) is 0 Å². The maximum absolute atomic E-state index is 12.7. The smallest absolute Gasteiger partial charge is 0.418 e. The number of nitrogens with zero attached hydrogens (tertiary/aromatic N) is 1. The zero-order chi connectivity index (χ0) is 22.3. The quantitative estimate of drug-likeness (QED) is 0.314. The summed E-state index contributed by atoms with van der Waals surface area (Å²) in [6, 6.07) is 1.88. The van der Waals surface area contributed by atoms with E-state index in [4.69, 9.17) is 14.2 Å². The van der Waals surface area contributed by atoms with Crippen LogP contribution in [0.2, 0.25) is 0 Å². The molecule has 0 N–H and O–H groups in total. The Morgan fingerprint density at radius 2 is 1.57 bits per heavy atom. The molecule has 0 fully saturated rings. The fourth-order valence-electron chi connectivity index (χ4n) is 4.30. The van der Waals surface area contributed by atoms with Gasteiger partial charge in [-0.2, -0.15) is 0 Å². The molecule has 30 heavy (non-hydrogen) atoms. The number of allylic oxidation sites excluding steroid dienone is 3. The monoisotopic (exact) mass is 415 g/mol. The Morgan fingerprint density at radius 1 is 1.00 bits per heavy atom. The van der Waals surface area contributed by atoms with Crippen molar-refractivity contribution in [1.82, 2.24) is 4.57 Å².